The molecule has 3 aromatic rings. The second-order valence-corrected chi connectivity index (χ2v) is 8.43. The molecule has 3 heterocycles. The Morgan fingerprint density at radius 1 is 0.867 bits per heavy atom. The summed E-state index contributed by atoms with van der Waals surface area (Å²) in [5, 5.41) is 0. The maximum Gasteiger partial charge on any atom is 0.255 e. The zero-order chi connectivity index (χ0) is 20.3. The first kappa shape index (κ1) is 19.1. The number of amides is 1. The van der Waals surface area contributed by atoms with Gasteiger partial charge >= 0.3 is 0 Å². The second kappa shape index (κ2) is 8.49. The van der Waals surface area contributed by atoms with E-state index in [9.17, 15) is 4.79 Å². The van der Waals surface area contributed by atoms with E-state index in [4.69, 9.17) is 4.42 Å². The summed E-state index contributed by atoms with van der Waals surface area (Å²) in [6.07, 6.45) is 5.55. The Labute approximate surface area is 178 Å². The minimum atomic E-state index is -0.107. The number of piperidine rings is 1. The molecule has 4 heteroatoms. The highest BCUT2D eigenvalue weighted by molar-refractivity contribution is 5.97. The lowest BCUT2D eigenvalue weighted by Gasteiger charge is -2.43. The molecule has 0 unspecified atom stereocenters. The highest BCUT2D eigenvalue weighted by atomic mass is 16.3. The van der Waals surface area contributed by atoms with Crippen molar-refractivity contribution in [1.29, 1.82) is 0 Å². The van der Waals surface area contributed by atoms with Crippen LogP contribution in [0.25, 0.3) is 0 Å². The summed E-state index contributed by atoms with van der Waals surface area (Å²) in [5.74, 6) is 1.15. The fourth-order valence-electron chi connectivity index (χ4n) is 5.06. The second-order valence-electron chi connectivity index (χ2n) is 8.43. The molecule has 2 atom stereocenters. The molecule has 30 heavy (non-hydrogen) atoms. The minimum absolute atomic E-state index is 0.0887. The highest BCUT2D eigenvalue weighted by Crippen LogP contribution is 2.44. The average molecular weight is 401 g/mol. The lowest BCUT2D eigenvalue weighted by atomic mass is 9.81. The SMILES string of the molecule is O=C1c2ccccc2[C@H](CN2CCCCC2)[C@@H](c2ccco2)N1Cc1ccccc1. The van der Waals surface area contributed by atoms with Crippen LogP contribution in [0.3, 0.4) is 0 Å². The molecule has 0 spiro atoms. The number of carbonyl (C=O) groups is 1. The standard InChI is InChI=1S/C26H28N2O2/c29-26-22-13-6-5-12-21(22)23(19-27-15-7-2-8-16-27)25(24-14-9-17-30-24)28(26)18-20-10-3-1-4-11-20/h1,3-6,9-14,17,23,25H,2,7-8,15-16,18-19H2/t23-,25-/m0/s1. The quantitative estimate of drug-likeness (QED) is 0.587. The van der Waals surface area contributed by atoms with E-state index in [-0.39, 0.29) is 17.9 Å². The predicted molar refractivity (Wildman–Crippen MR) is 117 cm³/mol. The third-order valence-corrected chi connectivity index (χ3v) is 6.50. The highest BCUT2D eigenvalue weighted by Gasteiger charge is 2.42. The number of furan rings is 1. The van der Waals surface area contributed by atoms with Crippen LogP contribution >= 0.6 is 0 Å². The molecular formula is C26H28N2O2. The average Bonchev–Trinajstić information content (AvgIpc) is 3.33. The van der Waals surface area contributed by atoms with Crippen LogP contribution in [0.4, 0.5) is 0 Å². The Balaban J connectivity index is 1.58. The van der Waals surface area contributed by atoms with E-state index in [2.05, 4.69) is 29.2 Å². The molecule has 0 bridgehead atoms. The molecule has 0 radical (unpaired) electrons. The smallest absolute Gasteiger partial charge is 0.255 e. The molecule has 5 rings (SSSR count). The van der Waals surface area contributed by atoms with Gasteiger partial charge in [-0.15, -0.1) is 0 Å². The summed E-state index contributed by atoms with van der Waals surface area (Å²) in [6.45, 7) is 3.79. The van der Waals surface area contributed by atoms with Crippen LogP contribution in [-0.2, 0) is 6.54 Å². The molecule has 2 aliphatic heterocycles. The van der Waals surface area contributed by atoms with E-state index in [1.807, 2.05) is 47.4 Å². The van der Waals surface area contributed by atoms with E-state index in [0.717, 1.165) is 42.1 Å². The van der Waals surface area contributed by atoms with E-state index in [1.54, 1.807) is 6.26 Å². The molecule has 0 N–H and O–H groups in total. The van der Waals surface area contributed by atoms with Gasteiger partial charge in [0.1, 0.15) is 5.76 Å². The third kappa shape index (κ3) is 3.68. The first-order valence-electron chi connectivity index (χ1n) is 11.0. The number of fused-ring (bicyclic) bond motifs is 1. The van der Waals surface area contributed by atoms with Gasteiger partial charge in [-0.1, -0.05) is 55.0 Å². The molecule has 0 saturated carbocycles. The van der Waals surface area contributed by atoms with Gasteiger partial charge in [-0.2, -0.15) is 0 Å². The topological polar surface area (TPSA) is 36.7 Å². The molecule has 1 fully saturated rings. The maximum atomic E-state index is 13.6. The molecule has 0 aliphatic carbocycles. The molecule has 1 aromatic heterocycles. The Hall–Kier alpha value is -2.85. The van der Waals surface area contributed by atoms with Crippen LogP contribution in [0.1, 0.15) is 58.5 Å². The van der Waals surface area contributed by atoms with Crippen LogP contribution < -0.4 is 0 Å². The normalized spacial score (nSPS) is 22.1. The largest absolute Gasteiger partial charge is 0.467 e. The van der Waals surface area contributed by atoms with Crippen molar-refractivity contribution in [3.05, 3.63) is 95.4 Å². The summed E-state index contributed by atoms with van der Waals surface area (Å²) in [6, 6.07) is 22.3. The Morgan fingerprint density at radius 3 is 2.40 bits per heavy atom. The minimum Gasteiger partial charge on any atom is -0.467 e. The monoisotopic (exact) mass is 400 g/mol. The molecule has 4 nitrogen and oxygen atoms in total. The number of rotatable bonds is 5. The van der Waals surface area contributed by atoms with Crippen molar-refractivity contribution < 1.29 is 9.21 Å². The van der Waals surface area contributed by atoms with Crippen molar-refractivity contribution in [2.24, 2.45) is 0 Å². The fraction of sp³-hybridized carbons (Fsp3) is 0.346. The lowest BCUT2D eigenvalue weighted by molar-refractivity contribution is 0.0511. The van der Waals surface area contributed by atoms with E-state index >= 15 is 0 Å². The number of carbonyl (C=O) groups excluding carboxylic acids is 1. The van der Waals surface area contributed by atoms with Gasteiger partial charge in [0, 0.05) is 24.6 Å². The van der Waals surface area contributed by atoms with Crippen LogP contribution in [0.5, 0.6) is 0 Å². The zero-order valence-electron chi connectivity index (χ0n) is 17.2. The molecule has 154 valence electrons. The summed E-state index contributed by atoms with van der Waals surface area (Å²) in [5.41, 5.74) is 3.12. The van der Waals surface area contributed by atoms with Crippen LogP contribution in [0, 0.1) is 0 Å². The molecule has 1 saturated heterocycles. The lowest BCUT2D eigenvalue weighted by Crippen LogP contribution is -2.46. The Kier molecular flexibility index (Phi) is 5.41. The van der Waals surface area contributed by atoms with Crippen molar-refractivity contribution in [2.45, 2.75) is 37.8 Å². The van der Waals surface area contributed by atoms with Gasteiger partial charge in [0.15, 0.2) is 0 Å². The number of benzene rings is 2. The Morgan fingerprint density at radius 2 is 1.63 bits per heavy atom. The first-order chi connectivity index (χ1) is 14.8. The zero-order valence-corrected chi connectivity index (χ0v) is 17.2. The van der Waals surface area contributed by atoms with Gasteiger partial charge in [0.2, 0.25) is 0 Å². The van der Waals surface area contributed by atoms with Gasteiger partial charge < -0.3 is 14.2 Å². The van der Waals surface area contributed by atoms with Crippen molar-refractivity contribution in [1.82, 2.24) is 9.80 Å². The van der Waals surface area contributed by atoms with E-state index < -0.39 is 0 Å². The summed E-state index contributed by atoms with van der Waals surface area (Å²) in [7, 11) is 0. The first-order valence-corrected chi connectivity index (χ1v) is 11.0. The summed E-state index contributed by atoms with van der Waals surface area (Å²) < 4.78 is 5.91. The Bertz CT molecular complexity index is 977. The van der Waals surface area contributed by atoms with E-state index in [1.165, 1.54) is 19.3 Å². The van der Waals surface area contributed by atoms with Crippen LogP contribution in [0.2, 0.25) is 0 Å². The van der Waals surface area contributed by atoms with Crippen molar-refractivity contribution in [3.63, 3.8) is 0 Å². The van der Waals surface area contributed by atoms with Gasteiger partial charge in [0.25, 0.3) is 5.91 Å². The van der Waals surface area contributed by atoms with Crippen LogP contribution in [-0.4, -0.2) is 35.3 Å². The van der Waals surface area contributed by atoms with Gasteiger partial charge in [-0.3, -0.25) is 4.79 Å². The van der Waals surface area contributed by atoms with Crippen molar-refractivity contribution >= 4 is 5.91 Å². The van der Waals surface area contributed by atoms with E-state index in [0.29, 0.717) is 6.54 Å². The van der Waals surface area contributed by atoms with Gasteiger partial charge in [-0.25, -0.2) is 0 Å². The molecule has 2 aromatic carbocycles. The predicted octanol–water partition coefficient (Wildman–Crippen LogP) is 5.25. The van der Waals surface area contributed by atoms with Crippen molar-refractivity contribution in [2.75, 3.05) is 19.6 Å². The number of likely N-dealkylation sites (tertiary alicyclic amines) is 1. The number of hydrogen-bond acceptors (Lipinski definition) is 3. The molecule has 2 aliphatic rings. The summed E-state index contributed by atoms with van der Waals surface area (Å²) in [4.78, 5) is 18.2. The third-order valence-electron chi connectivity index (χ3n) is 6.50. The van der Waals surface area contributed by atoms with Gasteiger partial charge in [0.05, 0.1) is 12.3 Å². The maximum absolute atomic E-state index is 13.6. The van der Waals surface area contributed by atoms with Gasteiger partial charge in [-0.05, 0) is 55.3 Å². The number of nitrogens with zero attached hydrogens (tertiary/aromatic N) is 2. The van der Waals surface area contributed by atoms with Crippen molar-refractivity contribution in [3.8, 4) is 0 Å². The van der Waals surface area contributed by atoms with Crippen LogP contribution in [0.15, 0.2) is 77.4 Å². The molecular weight excluding hydrogens is 372 g/mol. The molecule has 1 amide bonds. The number of hydrogen-bond donors (Lipinski definition) is 0. The summed E-state index contributed by atoms with van der Waals surface area (Å²) >= 11 is 0. The fourth-order valence-corrected chi connectivity index (χ4v) is 5.06.